The van der Waals surface area contributed by atoms with Crippen LogP contribution in [0.15, 0.2) is 24.3 Å². The highest BCUT2D eigenvalue weighted by Gasteiger charge is 2.14. The Labute approximate surface area is 393 Å². The number of unbranched alkanes of at least 4 members (excludes halogenated alkanes) is 26. The van der Waals surface area contributed by atoms with Crippen molar-refractivity contribution in [1.29, 1.82) is 0 Å². The van der Waals surface area contributed by atoms with Gasteiger partial charge in [-0.15, -0.1) is 0 Å². The monoisotopic (exact) mass is 895 g/mol. The van der Waals surface area contributed by atoms with Crippen molar-refractivity contribution in [3.05, 3.63) is 24.3 Å². The van der Waals surface area contributed by atoms with E-state index in [2.05, 4.69) is 65.8 Å². The summed E-state index contributed by atoms with van der Waals surface area (Å²) in [5.74, 6) is 0. The Balaban J connectivity index is 4.83. The number of allylic oxidation sites excluding steroid dienone is 2. The molecule has 7 heteroatoms. The summed E-state index contributed by atoms with van der Waals surface area (Å²) in [4.78, 5) is 0. The largest absolute Gasteiger partial charge is 0.353 e. The lowest BCUT2D eigenvalue weighted by Crippen LogP contribution is -2.25. The van der Waals surface area contributed by atoms with E-state index in [0.717, 1.165) is 104 Å². The van der Waals surface area contributed by atoms with Crippen molar-refractivity contribution >= 4 is 0 Å². The second kappa shape index (κ2) is 53.8. The van der Waals surface area contributed by atoms with Crippen molar-refractivity contribution in [2.75, 3.05) is 39.6 Å². The second-order valence-corrected chi connectivity index (χ2v) is 18.2. The van der Waals surface area contributed by atoms with Gasteiger partial charge in [0.05, 0.1) is 13.2 Å². The molecule has 0 N–H and O–H groups in total. The van der Waals surface area contributed by atoms with Crippen LogP contribution in [-0.2, 0) is 33.2 Å². The van der Waals surface area contributed by atoms with Gasteiger partial charge in [0.15, 0.2) is 25.2 Å². The van der Waals surface area contributed by atoms with Crippen LogP contribution in [0.5, 0.6) is 0 Å². The van der Waals surface area contributed by atoms with Crippen LogP contribution in [-0.4, -0.2) is 64.8 Å². The molecule has 0 aromatic heterocycles. The van der Waals surface area contributed by atoms with Crippen molar-refractivity contribution in [1.82, 2.24) is 0 Å². The molecular weight excluding hydrogens is 785 g/mol. The van der Waals surface area contributed by atoms with Crippen LogP contribution >= 0.6 is 0 Å². The van der Waals surface area contributed by atoms with Gasteiger partial charge < -0.3 is 33.2 Å². The minimum absolute atomic E-state index is 0.0155. The fraction of sp³-hybridized carbons (Fsp3) is 0.929. The lowest BCUT2D eigenvalue weighted by molar-refractivity contribution is -0.208. The number of rotatable bonds is 54. The molecule has 0 spiro atoms. The molecular formula is C56H110O7. The van der Waals surface area contributed by atoms with Crippen LogP contribution < -0.4 is 0 Å². The van der Waals surface area contributed by atoms with Gasteiger partial charge in [-0.05, 0) is 102 Å². The highest BCUT2D eigenvalue weighted by molar-refractivity contribution is 4.90. The molecule has 0 heterocycles. The molecule has 2 unspecified atom stereocenters. The quantitative estimate of drug-likeness (QED) is 0.0342. The third-order valence-electron chi connectivity index (χ3n) is 11.7. The van der Waals surface area contributed by atoms with E-state index in [9.17, 15) is 0 Å². The molecule has 0 aliphatic carbocycles. The highest BCUT2D eigenvalue weighted by Crippen LogP contribution is 2.17. The maximum Gasteiger partial charge on any atom is 0.180 e. The van der Waals surface area contributed by atoms with E-state index in [1.165, 1.54) is 167 Å². The first-order chi connectivity index (χ1) is 31.1. The molecule has 0 aromatic carbocycles. The summed E-state index contributed by atoms with van der Waals surface area (Å²) in [7, 11) is 0. The molecule has 63 heavy (non-hydrogen) atoms. The summed E-state index contributed by atoms with van der Waals surface area (Å²) in [5.41, 5.74) is 0. The Hall–Kier alpha value is -0.800. The van der Waals surface area contributed by atoms with Crippen molar-refractivity contribution in [2.45, 2.75) is 298 Å². The van der Waals surface area contributed by atoms with E-state index in [1.54, 1.807) is 0 Å². The minimum atomic E-state index is -0.382. The fourth-order valence-electron chi connectivity index (χ4n) is 7.42. The van der Waals surface area contributed by atoms with Gasteiger partial charge in [0.2, 0.25) is 0 Å². The summed E-state index contributed by atoms with van der Waals surface area (Å²) < 4.78 is 43.4. The molecule has 0 aromatic rings. The van der Waals surface area contributed by atoms with E-state index in [4.69, 9.17) is 33.2 Å². The van der Waals surface area contributed by atoms with Crippen molar-refractivity contribution < 1.29 is 33.2 Å². The van der Waals surface area contributed by atoms with Gasteiger partial charge in [-0.1, -0.05) is 195 Å². The molecule has 0 fully saturated rings. The Morgan fingerprint density at radius 2 is 0.540 bits per heavy atom. The SMILES string of the molecule is CCCCCCCOC(C=CCCCCCCCCCC(OCCCC)OCCCC)OC(C=CCCCCCCCCCC(OCCCC)OCCCC)OCCCCCCC. The second-order valence-electron chi connectivity index (χ2n) is 18.2. The van der Waals surface area contributed by atoms with E-state index in [-0.39, 0.29) is 25.2 Å². The van der Waals surface area contributed by atoms with Gasteiger partial charge in [0.25, 0.3) is 0 Å². The first-order valence-electron chi connectivity index (χ1n) is 27.8. The summed E-state index contributed by atoms with van der Waals surface area (Å²) in [6.45, 7) is 18.1. The maximum atomic E-state index is 6.56. The first kappa shape index (κ1) is 62.2. The molecule has 376 valence electrons. The predicted molar refractivity (Wildman–Crippen MR) is 270 cm³/mol. The van der Waals surface area contributed by atoms with Gasteiger partial charge in [0, 0.05) is 26.4 Å². The van der Waals surface area contributed by atoms with Gasteiger partial charge >= 0.3 is 0 Å². The zero-order valence-electron chi connectivity index (χ0n) is 43.2. The summed E-state index contributed by atoms with van der Waals surface area (Å²) in [5, 5.41) is 0. The van der Waals surface area contributed by atoms with Gasteiger partial charge in [-0.3, -0.25) is 0 Å². The Bertz CT molecular complexity index is 807. The lowest BCUT2D eigenvalue weighted by atomic mass is 10.1. The smallest absolute Gasteiger partial charge is 0.180 e. The number of ether oxygens (including phenoxy) is 7. The normalized spacial score (nSPS) is 13.2. The van der Waals surface area contributed by atoms with Crippen LogP contribution in [0.25, 0.3) is 0 Å². The first-order valence-corrected chi connectivity index (χ1v) is 27.8. The van der Waals surface area contributed by atoms with Crippen LogP contribution in [0.3, 0.4) is 0 Å². The Kier molecular flexibility index (Phi) is 53.1. The molecule has 0 rings (SSSR count). The average Bonchev–Trinajstić information content (AvgIpc) is 3.29. The molecule has 0 aliphatic rings. The predicted octanol–water partition coefficient (Wildman–Crippen LogP) is 17.7. The zero-order valence-corrected chi connectivity index (χ0v) is 43.2. The van der Waals surface area contributed by atoms with Crippen LogP contribution in [0.4, 0.5) is 0 Å². The number of hydrogen-bond acceptors (Lipinski definition) is 7. The third kappa shape index (κ3) is 47.5. The van der Waals surface area contributed by atoms with Crippen molar-refractivity contribution in [3.63, 3.8) is 0 Å². The molecule has 2 atom stereocenters. The van der Waals surface area contributed by atoms with Crippen molar-refractivity contribution in [3.8, 4) is 0 Å². The summed E-state index contributed by atoms with van der Waals surface area (Å²) >= 11 is 0. The molecule has 0 bridgehead atoms. The van der Waals surface area contributed by atoms with Crippen LogP contribution in [0, 0.1) is 0 Å². The van der Waals surface area contributed by atoms with Crippen molar-refractivity contribution in [2.24, 2.45) is 0 Å². The zero-order chi connectivity index (χ0) is 45.8. The van der Waals surface area contributed by atoms with Crippen LogP contribution in [0.1, 0.15) is 273 Å². The number of hydrogen-bond donors (Lipinski definition) is 0. The van der Waals surface area contributed by atoms with Gasteiger partial charge in [0.1, 0.15) is 0 Å². The lowest BCUT2D eigenvalue weighted by Gasteiger charge is -2.22. The molecule has 0 saturated carbocycles. The molecule has 0 radical (unpaired) electrons. The molecule has 0 saturated heterocycles. The third-order valence-corrected chi connectivity index (χ3v) is 11.7. The minimum Gasteiger partial charge on any atom is -0.353 e. The van der Waals surface area contributed by atoms with E-state index in [0.29, 0.717) is 0 Å². The Morgan fingerprint density at radius 3 is 0.873 bits per heavy atom. The average molecular weight is 895 g/mol. The molecule has 7 nitrogen and oxygen atoms in total. The summed E-state index contributed by atoms with van der Waals surface area (Å²) in [6, 6.07) is 0. The van der Waals surface area contributed by atoms with Gasteiger partial charge in [-0.25, -0.2) is 0 Å². The van der Waals surface area contributed by atoms with E-state index < -0.39 is 0 Å². The fourth-order valence-corrected chi connectivity index (χ4v) is 7.42. The topological polar surface area (TPSA) is 64.6 Å². The summed E-state index contributed by atoms with van der Waals surface area (Å²) in [6.07, 6.45) is 51.3. The Morgan fingerprint density at radius 1 is 0.270 bits per heavy atom. The van der Waals surface area contributed by atoms with E-state index >= 15 is 0 Å². The maximum absolute atomic E-state index is 6.56. The van der Waals surface area contributed by atoms with Gasteiger partial charge in [-0.2, -0.15) is 0 Å². The molecule has 0 aliphatic heterocycles. The highest BCUT2D eigenvalue weighted by atomic mass is 16.8. The van der Waals surface area contributed by atoms with Crippen LogP contribution in [0.2, 0.25) is 0 Å². The standard InChI is InChI=1S/C56H110O7/c1-7-13-19-35-41-51-61-55(45-39-33-29-25-21-23-27-31-37-43-53(57-47-15-9-3)58-48-16-10-4)63-56(62-52-42-36-20-14-8-2)46-40-34-30-26-22-24-28-32-38-44-54(59-49-17-11-5)60-50-18-12-6/h39-40,45-46,53-56H,7-38,41-44,47-52H2,1-6H3. The molecule has 0 amide bonds. The van der Waals surface area contributed by atoms with E-state index in [1.807, 2.05) is 0 Å².